The van der Waals surface area contributed by atoms with Crippen molar-refractivity contribution in [2.24, 2.45) is 5.14 Å². The summed E-state index contributed by atoms with van der Waals surface area (Å²) >= 11 is 5.77. The first-order valence-electron chi connectivity index (χ1n) is 5.43. The maximum Gasteiger partial charge on any atom is 0.238 e. The van der Waals surface area contributed by atoms with Crippen LogP contribution in [-0.4, -0.2) is 8.42 Å². The van der Waals surface area contributed by atoms with E-state index in [1.54, 1.807) is 43.3 Å². The van der Waals surface area contributed by atoms with Gasteiger partial charge in [0.1, 0.15) is 11.5 Å². The van der Waals surface area contributed by atoms with E-state index in [-0.39, 0.29) is 4.90 Å². The second-order valence-electron chi connectivity index (χ2n) is 4.03. The van der Waals surface area contributed by atoms with E-state index in [2.05, 4.69) is 0 Å². The monoisotopic (exact) mass is 297 g/mol. The third-order valence-electron chi connectivity index (χ3n) is 2.50. The zero-order valence-electron chi connectivity index (χ0n) is 10.1. The Kier molecular flexibility index (Phi) is 3.80. The molecule has 0 radical (unpaired) electrons. The first-order chi connectivity index (χ1) is 8.86. The summed E-state index contributed by atoms with van der Waals surface area (Å²) in [7, 11) is -3.70. The molecule has 100 valence electrons. The number of benzene rings is 2. The molecule has 0 saturated heterocycles. The number of sulfonamides is 1. The maximum absolute atomic E-state index is 11.3. The standard InChI is InChI=1S/C13H12ClNO3S/c1-9-8-12(6-7-13(9)19(15,16)17)18-11-4-2-10(14)3-5-11/h2-8H,1H3,(H2,15,16,17). The third kappa shape index (κ3) is 3.47. The van der Waals surface area contributed by atoms with Crippen LogP contribution in [0.2, 0.25) is 5.02 Å². The fraction of sp³-hybridized carbons (Fsp3) is 0.0769. The molecular formula is C13H12ClNO3S. The molecule has 0 aliphatic heterocycles. The van der Waals surface area contributed by atoms with E-state index >= 15 is 0 Å². The number of primary sulfonamides is 1. The topological polar surface area (TPSA) is 69.4 Å². The van der Waals surface area contributed by atoms with Crippen molar-refractivity contribution >= 4 is 21.6 Å². The van der Waals surface area contributed by atoms with Gasteiger partial charge < -0.3 is 4.74 Å². The zero-order valence-corrected chi connectivity index (χ0v) is 11.7. The van der Waals surface area contributed by atoms with Crippen molar-refractivity contribution in [3.8, 4) is 11.5 Å². The predicted molar refractivity (Wildman–Crippen MR) is 74.1 cm³/mol. The highest BCUT2D eigenvalue weighted by atomic mass is 35.5. The Labute approximate surface area is 116 Å². The Morgan fingerprint density at radius 2 is 1.63 bits per heavy atom. The third-order valence-corrected chi connectivity index (χ3v) is 3.83. The van der Waals surface area contributed by atoms with Crippen LogP contribution in [0.1, 0.15) is 5.56 Å². The van der Waals surface area contributed by atoms with Gasteiger partial charge in [0, 0.05) is 5.02 Å². The van der Waals surface area contributed by atoms with Crippen LogP contribution in [0.15, 0.2) is 47.4 Å². The summed E-state index contributed by atoms with van der Waals surface area (Å²) in [5.41, 5.74) is 0.536. The van der Waals surface area contributed by atoms with Gasteiger partial charge in [0.25, 0.3) is 0 Å². The highest BCUT2D eigenvalue weighted by Crippen LogP contribution is 2.26. The van der Waals surface area contributed by atoms with E-state index in [9.17, 15) is 8.42 Å². The SMILES string of the molecule is Cc1cc(Oc2ccc(Cl)cc2)ccc1S(N)(=O)=O. The van der Waals surface area contributed by atoms with Crippen LogP contribution in [0.25, 0.3) is 0 Å². The van der Waals surface area contributed by atoms with E-state index in [1.807, 2.05) is 0 Å². The second kappa shape index (κ2) is 5.21. The lowest BCUT2D eigenvalue weighted by Gasteiger charge is -2.08. The summed E-state index contributed by atoms with van der Waals surface area (Å²) in [5.74, 6) is 1.15. The van der Waals surface area contributed by atoms with E-state index in [0.29, 0.717) is 22.1 Å². The Balaban J connectivity index is 2.28. The Hall–Kier alpha value is -1.56. The van der Waals surface area contributed by atoms with Crippen molar-refractivity contribution in [2.75, 3.05) is 0 Å². The van der Waals surface area contributed by atoms with Gasteiger partial charge >= 0.3 is 0 Å². The van der Waals surface area contributed by atoms with Gasteiger partial charge in [-0.1, -0.05) is 11.6 Å². The van der Waals surface area contributed by atoms with Crippen LogP contribution >= 0.6 is 11.6 Å². The molecule has 0 amide bonds. The molecule has 0 fully saturated rings. The number of rotatable bonds is 3. The molecule has 0 atom stereocenters. The van der Waals surface area contributed by atoms with Gasteiger partial charge in [-0.2, -0.15) is 0 Å². The van der Waals surface area contributed by atoms with Gasteiger partial charge in [-0.15, -0.1) is 0 Å². The van der Waals surface area contributed by atoms with Gasteiger partial charge in [-0.05, 0) is 55.0 Å². The average Bonchev–Trinajstić information content (AvgIpc) is 2.30. The molecule has 0 heterocycles. The minimum atomic E-state index is -3.70. The van der Waals surface area contributed by atoms with Crippen molar-refractivity contribution in [1.29, 1.82) is 0 Å². The lowest BCUT2D eigenvalue weighted by molar-refractivity contribution is 0.481. The zero-order chi connectivity index (χ0) is 14.0. The van der Waals surface area contributed by atoms with Gasteiger partial charge in [-0.25, -0.2) is 13.6 Å². The molecule has 2 aromatic rings. The van der Waals surface area contributed by atoms with Crippen molar-refractivity contribution < 1.29 is 13.2 Å². The molecule has 0 saturated carbocycles. The molecule has 2 N–H and O–H groups in total. The van der Waals surface area contributed by atoms with Gasteiger partial charge in [0.2, 0.25) is 10.0 Å². The normalized spacial score (nSPS) is 11.3. The van der Waals surface area contributed by atoms with Gasteiger partial charge in [0.15, 0.2) is 0 Å². The first-order valence-corrected chi connectivity index (χ1v) is 7.35. The Bertz CT molecular complexity index is 696. The van der Waals surface area contributed by atoms with Crippen molar-refractivity contribution in [1.82, 2.24) is 0 Å². The van der Waals surface area contributed by atoms with Crippen LogP contribution < -0.4 is 9.88 Å². The highest BCUT2D eigenvalue weighted by molar-refractivity contribution is 7.89. The summed E-state index contributed by atoms with van der Waals surface area (Å²) < 4.78 is 28.2. The van der Waals surface area contributed by atoms with Gasteiger partial charge in [0.05, 0.1) is 4.90 Å². The summed E-state index contributed by atoms with van der Waals surface area (Å²) in [6.45, 7) is 1.66. The molecule has 6 heteroatoms. The molecule has 0 aliphatic carbocycles. The number of halogens is 1. The van der Waals surface area contributed by atoms with Crippen molar-refractivity contribution in [3.05, 3.63) is 53.1 Å². The number of hydrogen-bond donors (Lipinski definition) is 1. The fourth-order valence-corrected chi connectivity index (χ4v) is 2.53. The van der Waals surface area contributed by atoms with Crippen LogP contribution in [-0.2, 0) is 10.0 Å². The minimum Gasteiger partial charge on any atom is -0.457 e. The molecule has 19 heavy (non-hydrogen) atoms. The molecule has 0 bridgehead atoms. The molecule has 0 aromatic heterocycles. The van der Waals surface area contributed by atoms with E-state index in [0.717, 1.165) is 0 Å². The summed E-state index contributed by atoms with van der Waals surface area (Å²) in [6.07, 6.45) is 0. The Morgan fingerprint density at radius 1 is 1.05 bits per heavy atom. The number of ether oxygens (including phenoxy) is 1. The van der Waals surface area contributed by atoms with Crippen molar-refractivity contribution in [2.45, 2.75) is 11.8 Å². The van der Waals surface area contributed by atoms with E-state index in [1.165, 1.54) is 6.07 Å². The summed E-state index contributed by atoms with van der Waals surface area (Å²) in [6, 6.07) is 11.5. The van der Waals surface area contributed by atoms with Crippen LogP contribution in [0, 0.1) is 6.92 Å². The number of nitrogens with two attached hydrogens (primary N) is 1. The number of hydrogen-bond acceptors (Lipinski definition) is 3. The molecule has 0 aliphatic rings. The minimum absolute atomic E-state index is 0.0935. The first kappa shape index (κ1) is 13.9. The maximum atomic E-state index is 11.3. The molecule has 0 unspecified atom stereocenters. The fourth-order valence-electron chi connectivity index (χ4n) is 1.64. The lowest BCUT2D eigenvalue weighted by atomic mass is 10.2. The van der Waals surface area contributed by atoms with Crippen LogP contribution in [0.5, 0.6) is 11.5 Å². The second-order valence-corrected chi connectivity index (χ2v) is 5.99. The van der Waals surface area contributed by atoms with E-state index in [4.69, 9.17) is 21.5 Å². The van der Waals surface area contributed by atoms with Crippen molar-refractivity contribution in [3.63, 3.8) is 0 Å². The molecule has 4 nitrogen and oxygen atoms in total. The Morgan fingerprint density at radius 3 is 2.16 bits per heavy atom. The lowest BCUT2D eigenvalue weighted by Crippen LogP contribution is -2.13. The summed E-state index contributed by atoms with van der Waals surface area (Å²) in [4.78, 5) is 0.0935. The highest BCUT2D eigenvalue weighted by Gasteiger charge is 2.12. The average molecular weight is 298 g/mol. The molecule has 2 rings (SSSR count). The van der Waals surface area contributed by atoms with Crippen LogP contribution in [0.4, 0.5) is 0 Å². The van der Waals surface area contributed by atoms with Crippen LogP contribution in [0.3, 0.4) is 0 Å². The number of aryl methyl sites for hydroxylation is 1. The quantitative estimate of drug-likeness (QED) is 0.946. The molecule has 2 aromatic carbocycles. The smallest absolute Gasteiger partial charge is 0.238 e. The largest absolute Gasteiger partial charge is 0.457 e. The van der Waals surface area contributed by atoms with Gasteiger partial charge in [-0.3, -0.25) is 0 Å². The molecular weight excluding hydrogens is 286 g/mol. The summed E-state index contributed by atoms with van der Waals surface area (Å²) in [5, 5.41) is 5.71. The predicted octanol–water partition coefficient (Wildman–Crippen LogP) is 3.09. The van der Waals surface area contributed by atoms with E-state index < -0.39 is 10.0 Å². The molecule has 0 spiro atoms.